The van der Waals surface area contributed by atoms with E-state index < -0.39 is 0 Å². The molecule has 4 heteroatoms. The van der Waals surface area contributed by atoms with E-state index in [1.807, 2.05) is 55.6 Å². The number of hydrogen-bond acceptors (Lipinski definition) is 2. The minimum Gasteiger partial charge on any atom is -0.322 e. The molecule has 0 atom stereocenters. The SMILES string of the molecule is CSc1ccc(C(=O)Nc2ccc(Br)cc2C)cc1. The number of carbonyl (C=O) groups is 1. The fourth-order valence-electron chi connectivity index (χ4n) is 1.70. The molecule has 0 aliphatic rings. The van der Waals surface area contributed by atoms with Gasteiger partial charge in [0, 0.05) is 20.6 Å². The van der Waals surface area contributed by atoms with Crippen molar-refractivity contribution < 1.29 is 4.79 Å². The molecule has 0 aliphatic heterocycles. The zero-order valence-corrected chi connectivity index (χ0v) is 13.1. The molecule has 0 bridgehead atoms. The van der Waals surface area contributed by atoms with Gasteiger partial charge in [0.1, 0.15) is 0 Å². The summed E-state index contributed by atoms with van der Waals surface area (Å²) in [5.74, 6) is -0.0851. The van der Waals surface area contributed by atoms with Gasteiger partial charge in [-0.1, -0.05) is 15.9 Å². The van der Waals surface area contributed by atoms with Crippen LogP contribution in [0.15, 0.2) is 51.8 Å². The quantitative estimate of drug-likeness (QED) is 0.821. The molecule has 2 rings (SSSR count). The minimum absolute atomic E-state index is 0.0851. The van der Waals surface area contributed by atoms with Gasteiger partial charge in [-0.15, -0.1) is 11.8 Å². The van der Waals surface area contributed by atoms with E-state index in [0.717, 1.165) is 20.6 Å². The normalized spacial score (nSPS) is 10.3. The number of hydrogen-bond donors (Lipinski definition) is 1. The van der Waals surface area contributed by atoms with Crippen LogP contribution in [0, 0.1) is 6.92 Å². The molecule has 2 nitrogen and oxygen atoms in total. The number of aryl methyl sites for hydroxylation is 1. The monoisotopic (exact) mass is 335 g/mol. The molecule has 98 valence electrons. The lowest BCUT2D eigenvalue weighted by Gasteiger charge is -2.09. The molecule has 19 heavy (non-hydrogen) atoms. The van der Waals surface area contributed by atoms with Crippen LogP contribution >= 0.6 is 27.7 Å². The standard InChI is InChI=1S/C15H14BrNOS/c1-10-9-12(16)5-8-14(10)17-15(18)11-3-6-13(19-2)7-4-11/h3-9H,1-2H3,(H,17,18). The Hall–Kier alpha value is -1.26. The average Bonchev–Trinajstić information content (AvgIpc) is 2.42. The van der Waals surface area contributed by atoms with E-state index in [2.05, 4.69) is 21.2 Å². The molecule has 2 aromatic rings. The van der Waals surface area contributed by atoms with Crippen molar-refractivity contribution in [3.05, 3.63) is 58.1 Å². The van der Waals surface area contributed by atoms with Gasteiger partial charge in [-0.25, -0.2) is 0 Å². The van der Waals surface area contributed by atoms with Crippen LogP contribution in [0.3, 0.4) is 0 Å². The fourth-order valence-corrected chi connectivity index (χ4v) is 2.59. The molecular formula is C15H14BrNOS. The van der Waals surface area contributed by atoms with Crippen molar-refractivity contribution >= 4 is 39.3 Å². The van der Waals surface area contributed by atoms with Crippen LogP contribution in [-0.4, -0.2) is 12.2 Å². The number of rotatable bonds is 3. The second-order valence-electron chi connectivity index (χ2n) is 4.14. The van der Waals surface area contributed by atoms with Gasteiger partial charge in [0.15, 0.2) is 0 Å². The molecule has 2 aromatic carbocycles. The maximum atomic E-state index is 12.1. The summed E-state index contributed by atoms with van der Waals surface area (Å²) in [7, 11) is 0. The number of benzene rings is 2. The van der Waals surface area contributed by atoms with Crippen LogP contribution in [-0.2, 0) is 0 Å². The third-order valence-electron chi connectivity index (χ3n) is 2.79. The van der Waals surface area contributed by atoms with Crippen molar-refractivity contribution in [2.24, 2.45) is 0 Å². The highest BCUT2D eigenvalue weighted by Gasteiger charge is 2.07. The van der Waals surface area contributed by atoms with Crippen LogP contribution in [0.5, 0.6) is 0 Å². The first-order valence-electron chi connectivity index (χ1n) is 5.81. The van der Waals surface area contributed by atoms with Gasteiger partial charge < -0.3 is 5.32 Å². The van der Waals surface area contributed by atoms with Crippen LogP contribution in [0.25, 0.3) is 0 Å². The first-order valence-corrected chi connectivity index (χ1v) is 7.83. The second kappa shape index (κ2) is 6.26. The fraction of sp³-hybridized carbons (Fsp3) is 0.133. The molecule has 0 saturated heterocycles. The lowest BCUT2D eigenvalue weighted by Crippen LogP contribution is -2.12. The van der Waals surface area contributed by atoms with Gasteiger partial charge in [0.25, 0.3) is 5.91 Å². The smallest absolute Gasteiger partial charge is 0.255 e. The summed E-state index contributed by atoms with van der Waals surface area (Å²) in [5, 5.41) is 2.92. The van der Waals surface area contributed by atoms with Gasteiger partial charge in [-0.2, -0.15) is 0 Å². The maximum Gasteiger partial charge on any atom is 0.255 e. The van der Waals surface area contributed by atoms with E-state index in [9.17, 15) is 4.79 Å². The second-order valence-corrected chi connectivity index (χ2v) is 5.94. The molecule has 0 unspecified atom stereocenters. The molecule has 0 fully saturated rings. The molecular weight excluding hydrogens is 322 g/mol. The van der Waals surface area contributed by atoms with Crippen molar-refractivity contribution in [2.75, 3.05) is 11.6 Å². The van der Waals surface area contributed by atoms with Crippen molar-refractivity contribution in [3.63, 3.8) is 0 Å². The zero-order chi connectivity index (χ0) is 13.8. The molecule has 0 radical (unpaired) electrons. The predicted octanol–water partition coefficient (Wildman–Crippen LogP) is 4.73. The summed E-state index contributed by atoms with van der Waals surface area (Å²) >= 11 is 5.07. The lowest BCUT2D eigenvalue weighted by molar-refractivity contribution is 0.102. The minimum atomic E-state index is -0.0851. The van der Waals surface area contributed by atoms with Gasteiger partial charge in [-0.05, 0) is 61.2 Å². The summed E-state index contributed by atoms with van der Waals surface area (Å²) in [4.78, 5) is 13.3. The highest BCUT2D eigenvalue weighted by molar-refractivity contribution is 9.10. The summed E-state index contributed by atoms with van der Waals surface area (Å²) in [6.45, 7) is 1.97. The molecule has 0 saturated carbocycles. The molecule has 0 aromatic heterocycles. The molecule has 1 N–H and O–H groups in total. The molecule has 0 spiro atoms. The topological polar surface area (TPSA) is 29.1 Å². The summed E-state index contributed by atoms with van der Waals surface area (Å²) < 4.78 is 1.01. The van der Waals surface area contributed by atoms with Gasteiger partial charge in [-0.3, -0.25) is 4.79 Å². The van der Waals surface area contributed by atoms with Crippen LogP contribution in [0.4, 0.5) is 5.69 Å². The van der Waals surface area contributed by atoms with Crippen molar-refractivity contribution in [1.82, 2.24) is 0 Å². The Morgan fingerprint density at radius 1 is 1.16 bits per heavy atom. The Bertz CT molecular complexity index is 596. The zero-order valence-electron chi connectivity index (χ0n) is 10.7. The number of anilines is 1. The molecule has 0 aliphatic carbocycles. The first kappa shape index (κ1) is 14.2. The van der Waals surface area contributed by atoms with Gasteiger partial charge in [0.05, 0.1) is 0 Å². The van der Waals surface area contributed by atoms with Gasteiger partial charge in [0.2, 0.25) is 0 Å². The van der Waals surface area contributed by atoms with Crippen LogP contribution < -0.4 is 5.32 Å². The predicted molar refractivity (Wildman–Crippen MR) is 85.1 cm³/mol. The Balaban J connectivity index is 2.15. The van der Waals surface area contributed by atoms with E-state index in [0.29, 0.717) is 5.56 Å². The summed E-state index contributed by atoms with van der Waals surface area (Å²) in [5.41, 5.74) is 2.53. The van der Waals surface area contributed by atoms with E-state index in [-0.39, 0.29) is 5.91 Å². The molecule has 1 amide bonds. The van der Waals surface area contributed by atoms with E-state index >= 15 is 0 Å². The third kappa shape index (κ3) is 3.61. The summed E-state index contributed by atoms with van der Waals surface area (Å²) in [6.07, 6.45) is 2.01. The Morgan fingerprint density at radius 3 is 2.42 bits per heavy atom. The highest BCUT2D eigenvalue weighted by atomic mass is 79.9. The van der Waals surface area contributed by atoms with Gasteiger partial charge >= 0.3 is 0 Å². The van der Waals surface area contributed by atoms with E-state index in [4.69, 9.17) is 0 Å². The van der Waals surface area contributed by atoms with E-state index in [1.165, 1.54) is 0 Å². The lowest BCUT2D eigenvalue weighted by atomic mass is 10.1. The number of amides is 1. The average molecular weight is 336 g/mol. The Labute approximate surface area is 125 Å². The third-order valence-corrected chi connectivity index (χ3v) is 4.03. The van der Waals surface area contributed by atoms with Crippen molar-refractivity contribution in [2.45, 2.75) is 11.8 Å². The van der Waals surface area contributed by atoms with Crippen LogP contribution in [0.2, 0.25) is 0 Å². The number of carbonyl (C=O) groups excluding carboxylic acids is 1. The van der Waals surface area contributed by atoms with E-state index in [1.54, 1.807) is 11.8 Å². The largest absolute Gasteiger partial charge is 0.322 e. The maximum absolute atomic E-state index is 12.1. The summed E-state index contributed by atoms with van der Waals surface area (Å²) in [6, 6.07) is 13.4. The first-order chi connectivity index (χ1) is 9.10. The number of thioether (sulfide) groups is 1. The number of nitrogens with one attached hydrogen (secondary N) is 1. The van der Waals surface area contributed by atoms with Crippen LogP contribution in [0.1, 0.15) is 15.9 Å². The van der Waals surface area contributed by atoms with Crippen molar-refractivity contribution in [1.29, 1.82) is 0 Å². The molecule has 0 heterocycles. The Morgan fingerprint density at radius 2 is 1.84 bits per heavy atom. The Kier molecular flexibility index (Phi) is 4.66. The van der Waals surface area contributed by atoms with Crippen molar-refractivity contribution in [3.8, 4) is 0 Å². The highest BCUT2D eigenvalue weighted by Crippen LogP contribution is 2.21. The number of halogens is 1.